The molecule has 19 heavy (non-hydrogen) atoms. The molecule has 1 unspecified atom stereocenters. The first kappa shape index (κ1) is 13.7. The number of carbonyl (C=O) groups excluding carboxylic acids is 1. The van der Waals surface area contributed by atoms with Crippen LogP contribution in [0.25, 0.3) is 0 Å². The second-order valence-corrected chi connectivity index (χ2v) is 4.72. The SMILES string of the molecule is Cn1cc(C(N)C(=O)Cc2ccc(F)c(Cl)c2)cn1. The highest BCUT2D eigenvalue weighted by molar-refractivity contribution is 6.30. The molecule has 1 heterocycles. The predicted molar refractivity (Wildman–Crippen MR) is 70.3 cm³/mol. The predicted octanol–water partition coefficient (Wildman–Crippen LogP) is 2.02. The zero-order valence-corrected chi connectivity index (χ0v) is 11.1. The van der Waals surface area contributed by atoms with E-state index in [-0.39, 0.29) is 17.2 Å². The first-order valence-corrected chi connectivity index (χ1v) is 6.06. The van der Waals surface area contributed by atoms with Crippen LogP contribution < -0.4 is 5.73 Å². The van der Waals surface area contributed by atoms with Gasteiger partial charge in [0.25, 0.3) is 0 Å². The molecule has 1 atom stereocenters. The van der Waals surface area contributed by atoms with Crippen molar-refractivity contribution in [3.63, 3.8) is 0 Å². The van der Waals surface area contributed by atoms with Crippen LogP contribution in [0.15, 0.2) is 30.6 Å². The second kappa shape index (κ2) is 5.50. The Labute approximate surface area is 115 Å². The summed E-state index contributed by atoms with van der Waals surface area (Å²) in [4.78, 5) is 12.0. The fourth-order valence-corrected chi connectivity index (χ4v) is 1.95. The molecule has 0 aliphatic carbocycles. The summed E-state index contributed by atoms with van der Waals surface area (Å²) >= 11 is 5.67. The number of rotatable bonds is 4. The van der Waals surface area contributed by atoms with Crippen LogP contribution >= 0.6 is 11.6 Å². The fraction of sp³-hybridized carbons (Fsp3) is 0.231. The van der Waals surface area contributed by atoms with Crippen LogP contribution in [0, 0.1) is 5.82 Å². The standard InChI is InChI=1S/C13H13ClFN3O/c1-18-7-9(6-17-18)13(16)12(19)5-8-2-3-11(15)10(14)4-8/h2-4,6-7,13H,5,16H2,1H3. The average Bonchev–Trinajstić information content (AvgIpc) is 2.79. The number of ketones is 1. The number of carbonyl (C=O) groups is 1. The molecule has 2 N–H and O–H groups in total. The largest absolute Gasteiger partial charge is 0.318 e. The van der Waals surface area contributed by atoms with E-state index in [1.165, 1.54) is 18.2 Å². The Bertz CT molecular complexity index is 612. The second-order valence-electron chi connectivity index (χ2n) is 4.32. The molecule has 4 nitrogen and oxygen atoms in total. The third-order valence-electron chi connectivity index (χ3n) is 2.79. The summed E-state index contributed by atoms with van der Waals surface area (Å²) in [5, 5.41) is 3.97. The number of aryl methyl sites for hydroxylation is 1. The first-order valence-electron chi connectivity index (χ1n) is 5.68. The van der Waals surface area contributed by atoms with Gasteiger partial charge in [0, 0.05) is 25.2 Å². The highest BCUT2D eigenvalue weighted by Crippen LogP contribution is 2.18. The van der Waals surface area contributed by atoms with Crippen molar-refractivity contribution in [2.45, 2.75) is 12.5 Å². The molecule has 2 aromatic rings. The quantitative estimate of drug-likeness (QED) is 0.933. The summed E-state index contributed by atoms with van der Waals surface area (Å²) in [6.07, 6.45) is 3.36. The van der Waals surface area contributed by atoms with Crippen molar-refractivity contribution in [3.8, 4) is 0 Å². The molecular weight excluding hydrogens is 269 g/mol. The third kappa shape index (κ3) is 3.19. The molecule has 1 aromatic heterocycles. The van der Waals surface area contributed by atoms with Crippen molar-refractivity contribution in [3.05, 3.63) is 52.6 Å². The maximum absolute atomic E-state index is 13.0. The summed E-state index contributed by atoms with van der Waals surface area (Å²) in [5.74, 6) is -0.676. The number of hydrogen-bond acceptors (Lipinski definition) is 3. The van der Waals surface area contributed by atoms with Crippen LogP contribution in [-0.2, 0) is 18.3 Å². The van der Waals surface area contributed by atoms with E-state index in [2.05, 4.69) is 5.10 Å². The Morgan fingerprint density at radius 2 is 2.32 bits per heavy atom. The van der Waals surface area contributed by atoms with Crippen LogP contribution in [-0.4, -0.2) is 15.6 Å². The maximum atomic E-state index is 13.0. The van der Waals surface area contributed by atoms with Crippen LogP contribution in [0.1, 0.15) is 17.2 Å². The molecule has 100 valence electrons. The van der Waals surface area contributed by atoms with Gasteiger partial charge in [-0.3, -0.25) is 9.48 Å². The van der Waals surface area contributed by atoms with Gasteiger partial charge in [-0.15, -0.1) is 0 Å². The van der Waals surface area contributed by atoms with E-state index in [0.29, 0.717) is 11.1 Å². The van der Waals surface area contributed by atoms with E-state index >= 15 is 0 Å². The smallest absolute Gasteiger partial charge is 0.158 e. The number of hydrogen-bond donors (Lipinski definition) is 1. The maximum Gasteiger partial charge on any atom is 0.158 e. The third-order valence-corrected chi connectivity index (χ3v) is 3.08. The minimum absolute atomic E-state index is 0.000231. The molecule has 0 aliphatic heterocycles. The van der Waals surface area contributed by atoms with E-state index in [0.717, 1.165) is 0 Å². The van der Waals surface area contributed by atoms with E-state index in [1.807, 2.05) is 0 Å². The van der Waals surface area contributed by atoms with Gasteiger partial charge in [-0.05, 0) is 17.7 Å². The number of Topliss-reactive ketones (excluding diaryl/α,β-unsaturated/α-hetero) is 1. The molecule has 2 rings (SSSR count). The Kier molecular flexibility index (Phi) is 3.97. The normalized spacial score (nSPS) is 12.4. The molecule has 6 heteroatoms. The number of benzene rings is 1. The van der Waals surface area contributed by atoms with Gasteiger partial charge in [-0.1, -0.05) is 17.7 Å². The van der Waals surface area contributed by atoms with Gasteiger partial charge in [0.15, 0.2) is 5.78 Å². The molecule has 1 aromatic carbocycles. The van der Waals surface area contributed by atoms with Crippen molar-refractivity contribution < 1.29 is 9.18 Å². The minimum atomic E-state index is -0.738. The van der Waals surface area contributed by atoms with Gasteiger partial charge < -0.3 is 5.73 Å². The highest BCUT2D eigenvalue weighted by atomic mass is 35.5. The average molecular weight is 282 g/mol. The van der Waals surface area contributed by atoms with Gasteiger partial charge in [0.05, 0.1) is 17.3 Å². The fourth-order valence-electron chi connectivity index (χ4n) is 1.75. The molecule has 0 fully saturated rings. The van der Waals surface area contributed by atoms with Gasteiger partial charge in [-0.25, -0.2) is 4.39 Å². The van der Waals surface area contributed by atoms with Crippen molar-refractivity contribution in [1.29, 1.82) is 0 Å². The summed E-state index contributed by atoms with van der Waals surface area (Å²) in [6, 6.07) is 3.46. The van der Waals surface area contributed by atoms with Crippen molar-refractivity contribution >= 4 is 17.4 Å². The Balaban J connectivity index is 2.10. The lowest BCUT2D eigenvalue weighted by molar-refractivity contribution is -0.119. The monoisotopic (exact) mass is 281 g/mol. The zero-order chi connectivity index (χ0) is 14.0. The topological polar surface area (TPSA) is 60.9 Å². The number of halogens is 2. The van der Waals surface area contributed by atoms with Gasteiger partial charge in [-0.2, -0.15) is 5.10 Å². The molecule has 0 saturated carbocycles. The highest BCUT2D eigenvalue weighted by Gasteiger charge is 2.18. The summed E-state index contributed by atoms with van der Waals surface area (Å²) < 4.78 is 14.6. The molecule has 0 radical (unpaired) electrons. The lowest BCUT2D eigenvalue weighted by atomic mass is 10.0. The first-order chi connectivity index (χ1) is 8.97. The van der Waals surface area contributed by atoms with Crippen LogP contribution in [0.5, 0.6) is 0 Å². The van der Waals surface area contributed by atoms with E-state index < -0.39 is 11.9 Å². The van der Waals surface area contributed by atoms with Crippen LogP contribution in [0.2, 0.25) is 5.02 Å². The Morgan fingerprint density at radius 3 is 2.89 bits per heavy atom. The molecule has 0 aliphatic rings. The number of nitrogens with zero attached hydrogens (tertiary/aromatic N) is 2. The van der Waals surface area contributed by atoms with Crippen molar-refractivity contribution in [1.82, 2.24) is 9.78 Å². The molecular formula is C13H13ClFN3O. The molecule has 0 bridgehead atoms. The van der Waals surface area contributed by atoms with Crippen molar-refractivity contribution in [2.24, 2.45) is 12.8 Å². The Morgan fingerprint density at radius 1 is 1.58 bits per heavy atom. The minimum Gasteiger partial charge on any atom is -0.318 e. The molecule has 0 spiro atoms. The van der Waals surface area contributed by atoms with E-state index in [1.54, 1.807) is 24.1 Å². The summed E-state index contributed by atoms with van der Waals surface area (Å²) in [5.41, 5.74) is 7.15. The number of aromatic nitrogens is 2. The zero-order valence-electron chi connectivity index (χ0n) is 10.3. The number of nitrogens with two attached hydrogens (primary N) is 1. The summed E-state index contributed by atoms with van der Waals surface area (Å²) in [7, 11) is 1.75. The van der Waals surface area contributed by atoms with E-state index in [9.17, 15) is 9.18 Å². The lowest BCUT2D eigenvalue weighted by Crippen LogP contribution is -2.22. The molecule has 0 amide bonds. The van der Waals surface area contributed by atoms with Crippen LogP contribution in [0.4, 0.5) is 4.39 Å². The van der Waals surface area contributed by atoms with Crippen LogP contribution in [0.3, 0.4) is 0 Å². The summed E-state index contributed by atoms with van der Waals surface area (Å²) in [6.45, 7) is 0. The lowest BCUT2D eigenvalue weighted by Gasteiger charge is -2.08. The van der Waals surface area contributed by atoms with Gasteiger partial charge in [0.1, 0.15) is 5.82 Å². The van der Waals surface area contributed by atoms with Gasteiger partial charge in [0.2, 0.25) is 0 Å². The van der Waals surface area contributed by atoms with Gasteiger partial charge >= 0.3 is 0 Å². The van der Waals surface area contributed by atoms with E-state index in [4.69, 9.17) is 17.3 Å². The molecule has 0 saturated heterocycles. The van der Waals surface area contributed by atoms with Crippen molar-refractivity contribution in [2.75, 3.05) is 0 Å². The Hall–Kier alpha value is -1.72.